The number of benzene rings is 1. The van der Waals surface area contributed by atoms with Crippen molar-refractivity contribution in [2.24, 2.45) is 5.92 Å². The van der Waals surface area contributed by atoms with Crippen molar-refractivity contribution in [1.82, 2.24) is 10.1 Å². The second-order valence-electron chi connectivity index (χ2n) is 5.36. The van der Waals surface area contributed by atoms with Crippen LogP contribution in [0.5, 0.6) is 0 Å². The zero-order valence-electron chi connectivity index (χ0n) is 11.7. The quantitative estimate of drug-likeness (QED) is 0.939. The maximum Gasteiger partial charge on any atom is 0.292 e. The molecule has 0 bridgehead atoms. The molecule has 110 valence electrons. The van der Waals surface area contributed by atoms with E-state index in [0.29, 0.717) is 24.7 Å². The van der Waals surface area contributed by atoms with Crippen molar-refractivity contribution in [3.63, 3.8) is 0 Å². The summed E-state index contributed by atoms with van der Waals surface area (Å²) in [6, 6.07) is 11.3. The van der Waals surface area contributed by atoms with Crippen LogP contribution in [0, 0.1) is 5.92 Å². The standard InChI is InChI=1S/C16H18N2O3/c19-11-12-6-8-18(9-7-12)16(20)15-10-14(17-21-15)13-4-2-1-3-5-13/h1-5,10,12,19H,6-9,11H2. The number of rotatable bonds is 3. The molecule has 1 aromatic heterocycles. The van der Waals surface area contributed by atoms with E-state index in [1.165, 1.54) is 0 Å². The molecule has 0 radical (unpaired) electrons. The molecular formula is C16H18N2O3. The van der Waals surface area contributed by atoms with Crippen LogP contribution in [-0.2, 0) is 0 Å². The first kappa shape index (κ1) is 13.8. The Morgan fingerprint density at radius 1 is 1.29 bits per heavy atom. The predicted octanol–water partition coefficient (Wildman–Crippen LogP) is 2.19. The van der Waals surface area contributed by atoms with Crippen LogP contribution in [0.25, 0.3) is 11.3 Å². The summed E-state index contributed by atoms with van der Waals surface area (Å²) in [5, 5.41) is 13.1. The van der Waals surface area contributed by atoms with Crippen LogP contribution in [0.15, 0.2) is 40.9 Å². The summed E-state index contributed by atoms with van der Waals surface area (Å²) in [7, 11) is 0. The summed E-state index contributed by atoms with van der Waals surface area (Å²) in [6.45, 7) is 1.51. The monoisotopic (exact) mass is 286 g/mol. The lowest BCUT2D eigenvalue weighted by Crippen LogP contribution is -2.39. The van der Waals surface area contributed by atoms with Gasteiger partial charge in [0.25, 0.3) is 5.91 Å². The van der Waals surface area contributed by atoms with Crippen molar-refractivity contribution in [2.75, 3.05) is 19.7 Å². The Morgan fingerprint density at radius 3 is 2.67 bits per heavy atom. The molecule has 2 aromatic rings. The van der Waals surface area contributed by atoms with Crippen LogP contribution in [0.1, 0.15) is 23.4 Å². The Balaban J connectivity index is 1.70. The molecular weight excluding hydrogens is 268 g/mol. The number of carbonyl (C=O) groups is 1. The molecule has 1 aliphatic rings. The van der Waals surface area contributed by atoms with Gasteiger partial charge in [-0.15, -0.1) is 0 Å². The minimum absolute atomic E-state index is 0.124. The molecule has 0 saturated carbocycles. The van der Waals surface area contributed by atoms with Crippen LogP contribution >= 0.6 is 0 Å². The number of nitrogens with zero attached hydrogens (tertiary/aromatic N) is 2. The molecule has 1 aromatic carbocycles. The molecule has 1 amide bonds. The Hall–Kier alpha value is -2.14. The van der Waals surface area contributed by atoms with E-state index in [9.17, 15) is 4.79 Å². The van der Waals surface area contributed by atoms with Gasteiger partial charge in [-0.1, -0.05) is 35.5 Å². The summed E-state index contributed by atoms with van der Waals surface area (Å²) in [4.78, 5) is 14.1. The van der Waals surface area contributed by atoms with Gasteiger partial charge in [-0.05, 0) is 18.8 Å². The molecule has 0 unspecified atom stereocenters. The summed E-state index contributed by atoms with van der Waals surface area (Å²) in [5.74, 6) is 0.459. The average Bonchev–Trinajstić information content (AvgIpc) is 3.05. The van der Waals surface area contributed by atoms with E-state index in [-0.39, 0.29) is 18.3 Å². The van der Waals surface area contributed by atoms with Gasteiger partial charge in [0.05, 0.1) is 0 Å². The van der Waals surface area contributed by atoms with Gasteiger partial charge < -0.3 is 14.5 Å². The number of likely N-dealkylation sites (tertiary alicyclic amines) is 1. The van der Waals surface area contributed by atoms with E-state index >= 15 is 0 Å². The fourth-order valence-corrected chi connectivity index (χ4v) is 2.60. The summed E-state index contributed by atoms with van der Waals surface area (Å²) in [5.41, 5.74) is 1.60. The van der Waals surface area contributed by atoms with Gasteiger partial charge in [-0.2, -0.15) is 0 Å². The predicted molar refractivity (Wildman–Crippen MR) is 77.7 cm³/mol. The first-order chi connectivity index (χ1) is 10.3. The second-order valence-corrected chi connectivity index (χ2v) is 5.36. The third kappa shape index (κ3) is 2.97. The topological polar surface area (TPSA) is 66.6 Å². The fourth-order valence-electron chi connectivity index (χ4n) is 2.60. The van der Waals surface area contributed by atoms with Crippen molar-refractivity contribution in [3.05, 3.63) is 42.2 Å². The Bertz CT molecular complexity index is 601. The van der Waals surface area contributed by atoms with Gasteiger partial charge in [-0.3, -0.25) is 4.79 Å². The number of piperidine rings is 1. The highest BCUT2D eigenvalue weighted by Crippen LogP contribution is 2.22. The number of aromatic nitrogens is 1. The molecule has 1 aliphatic heterocycles. The van der Waals surface area contributed by atoms with Crippen molar-refractivity contribution in [1.29, 1.82) is 0 Å². The van der Waals surface area contributed by atoms with Gasteiger partial charge in [0.15, 0.2) is 0 Å². The number of aliphatic hydroxyl groups is 1. The number of hydrogen-bond donors (Lipinski definition) is 1. The molecule has 0 atom stereocenters. The second kappa shape index (κ2) is 6.10. The lowest BCUT2D eigenvalue weighted by molar-refractivity contribution is 0.0611. The zero-order chi connectivity index (χ0) is 14.7. The van der Waals surface area contributed by atoms with Gasteiger partial charge in [0, 0.05) is 31.3 Å². The van der Waals surface area contributed by atoms with Crippen LogP contribution in [0.2, 0.25) is 0 Å². The number of aliphatic hydroxyl groups excluding tert-OH is 1. The van der Waals surface area contributed by atoms with E-state index in [4.69, 9.17) is 9.63 Å². The van der Waals surface area contributed by atoms with Gasteiger partial charge in [-0.25, -0.2) is 0 Å². The third-order valence-electron chi connectivity index (χ3n) is 3.95. The molecule has 5 nitrogen and oxygen atoms in total. The van der Waals surface area contributed by atoms with Crippen LogP contribution < -0.4 is 0 Å². The number of hydrogen-bond acceptors (Lipinski definition) is 4. The van der Waals surface area contributed by atoms with E-state index in [2.05, 4.69) is 5.16 Å². The normalized spacial score (nSPS) is 16.1. The maximum absolute atomic E-state index is 12.4. The zero-order valence-corrected chi connectivity index (χ0v) is 11.7. The summed E-state index contributed by atoms with van der Waals surface area (Å²) in [6.07, 6.45) is 1.67. The minimum Gasteiger partial charge on any atom is -0.396 e. The molecule has 3 rings (SSSR count). The highest BCUT2D eigenvalue weighted by atomic mass is 16.5. The van der Waals surface area contributed by atoms with Crippen LogP contribution in [0.3, 0.4) is 0 Å². The van der Waals surface area contributed by atoms with E-state index in [0.717, 1.165) is 18.4 Å². The first-order valence-electron chi connectivity index (χ1n) is 7.20. The average molecular weight is 286 g/mol. The summed E-state index contributed by atoms with van der Waals surface area (Å²) < 4.78 is 5.20. The number of carbonyl (C=O) groups excluding carboxylic acids is 1. The SMILES string of the molecule is O=C(c1cc(-c2ccccc2)no1)N1CCC(CO)CC1. The van der Waals surface area contributed by atoms with E-state index in [1.807, 2.05) is 30.3 Å². The molecule has 2 heterocycles. The van der Waals surface area contributed by atoms with Crippen molar-refractivity contribution in [3.8, 4) is 11.3 Å². The lowest BCUT2D eigenvalue weighted by atomic mass is 9.98. The maximum atomic E-state index is 12.4. The fraction of sp³-hybridized carbons (Fsp3) is 0.375. The molecule has 1 saturated heterocycles. The Kier molecular flexibility index (Phi) is 4.01. The van der Waals surface area contributed by atoms with Crippen molar-refractivity contribution in [2.45, 2.75) is 12.8 Å². The van der Waals surface area contributed by atoms with E-state index < -0.39 is 0 Å². The highest BCUT2D eigenvalue weighted by Gasteiger charge is 2.25. The third-order valence-corrected chi connectivity index (χ3v) is 3.95. The van der Waals surface area contributed by atoms with Gasteiger partial charge >= 0.3 is 0 Å². The molecule has 5 heteroatoms. The van der Waals surface area contributed by atoms with Gasteiger partial charge in [0.2, 0.25) is 5.76 Å². The van der Waals surface area contributed by atoms with Crippen molar-refractivity contribution >= 4 is 5.91 Å². The lowest BCUT2D eigenvalue weighted by Gasteiger charge is -2.30. The first-order valence-corrected chi connectivity index (χ1v) is 7.20. The number of amides is 1. The minimum atomic E-state index is -0.124. The van der Waals surface area contributed by atoms with Crippen molar-refractivity contribution < 1.29 is 14.4 Å². The summed E-state index contributed by atoms with van der Waals surface area (Å²) >= 11 is 0. The molecule has 1 fully saturated rings. The molecule has 0 aliphatic carbocycles. The van der Waals surface area contributed by atoms with Gasteiger partial charge in [0.1, 0.15) is 5.69 Å². The molecule has 21 heavy (non-hydrogen) atoms. The molecule has 0 spiro atoms. The van der Waals surface area contributed by atoms with Crippen LogP contribution in [-0.4, -0.2) is 40.8 Å². The van der Waals surface area contributed by atoms with Crippen LogP contribution in [0.4, 0.5) is 0 Å². The Morgan fingerprint density at radius 2 is 2.00 bits per heavy atom. The molecule has 1 N–H and O–H groups in total. The smallest absolute Gasteiger partial charge is 0.292 e. The highest BCUT2D eigenvalue weighted by molar-refractivity contribution is 5.92. The van der Waals surface area contributed by atoms with E-state index in [1.54, 1.807) is 11.0 Å². The Labute approximate surface area is 123 Å². The largest absolute Gasteiger partial charge is 0.396 e.